The molecule has 86 valence electrons. The van der Waals surface area contributed by atoms with E-state index in [1.54, 1.807) is 0 Å². The monoisotopic (exact) mass is 336 g/mol. The first-order chi connectivity index (χ1) is 5.78. The molecule has 0 unspecified atom stereocenters. The quantitative estimate of drug-likeness (QED) is 0.368. The van der Waals surface area contributed by atoms with Crippen molar-refractivity contribution in [2.75, 3.05) is 0 Å². The van der Waals surface area contributed by atoms with E-state index < -0.39 is 36.4 Å². The maximum Gasteiger partial charge on any atom is 1.00 e. The summed E-state index contributed by atoms with van der Waals surface area (Å²) in [5.41, 5.74) is -2.74. The summed E-state index contributed by atoms with van der Waals surface area (Å²) >= 11 is 0. The van der Waals surface area contributed by atoms with Gasteiger partial charge in [-0.25, -0.2) is 4.79 Å². The van der Waals surface area contributed by atoms with E-state index in [4.69, 9.17) is 20.4 Å². The van der Waals surface area contributed by atoms with Gasteiger partial charge in [0.25, 0.3) is 0 Å². The summed E-state index contributed by atoms with van der Waals surface area (Å²) in [5, 5.41) is 33.8. The van der Waals surface area contributed by atoms with Crippen molar-refractivity contribution in [1.29, 1.82) is 0 Å². The minimum absolute atomic E-state index is 0. The van der Waals surface area contributed by atoms with Crippen molar-refractivity contribution in [2.45, 2.75) is 18.4 Å². The maximum atomic E-state index is 10.3. The smallest absolute Gasteiger partial charge is 1.00 e. The molecule has 0 atom stereocenters. The van der Waals surface area contributed by atoms with Gasteiger partial charge in [0.1, 0.15) is 0 Å². The normalized spacial score (nSPS) is 8.81. The van der Waals surface area contributed by atoms with Crippen LogP contribution in [0.5, 0.6) is 0 Å². The molecule has 0 radical (unpaired) electrons. The number of aliphatic hydroxyl groups is 1. The van der Waals surface area contributed by atoms with E-state index in [1.165, 1.54) is 0 Å². The summed E-state index contributed by atoms with van der Waals surface area (Å²) in [4.78, 5) is 30.5. The van der Waals surface area contributed by atoms with Gasteiger partial charge in [0, 0.05) is 26.2 Å². The molecular weight excluding hydrogens is 325 g/mol. The van der Waals surface area contributed by atoms with E-state index in [9.17, 15) is 14.4 Å². The van der Waals surface area contributed by atoms with Gasteiger partial charge in [0.05, 0.1) is 12.8 Å². The first kappa shape index (κ1) is 25.6. The van der Waals surface area contributed by atoms with Crippen LogP contribution in [0, 0.1) is 0 Å². The third kappa shape index (κ3) is 9.97. The van der Waals surface area contributed by atoms with Crippen molar-refractivity contribution >= 4 is 35.3 Å². The molecular formula is C6H12AlNaO7Zr. The molecule has 0 saturated heterocycles. The van der Waals surface area contributed by atoms with Crippen LogP contribution in [-0.2, 0) is 40.6 Å². The Bertz CT molecular complexity index is 249. The minimum Gasteiger partial charge on any atom is -1.00 e. The van der Waals surface area contributed by atoms with Crippen LogP contribution >= 0.6 is 0 Å². The fraction of sp³-hybridized carbons (Fsp3) is 0.500. The van der Waals surface area contributed by atoms with Crippen molar-refractivity contribution in [3.63, 3.8) is 0 Å². The number of carboxylic acid groups (broad SMARTS) is 3. The van der Waals surface area contributed by atoms with Crippen molar-refractivity contribution in [3.8, 4) is 0 Å². The van der Waals surface area contributed by atoms with Crippen LogP contribution in [-0.4, -0.2) is 61.3 Å². The Labute approximate surface area is 144 Å². The molecule has 16 heavy (non-hydrogen) atoms. The number of hydrogen-bond donors (Lipinski definition) is 4. The van der Waals surface area contributed by atoms with Gasteiger partial charge in [-0.15, -0.1) is 0 Å². The van der Waals surface area contributed by atoms with Crippen LogP contribution in [0.15, 0.2) is 0 Å². The van der Waals surface area contributed by atoms with Crippen molar-refractivity contribution < 1.29 is 92.0 Å². The van der Waals surface area contributed by atoms with Gasteiger partial charge < -0.3 is 21.9 Å². The Hall–Kier alpha value is 0.786. The van der Waals surface area contributed by atoms with E-state index in [2.05, 4.69) is 0 Å². The van der Waals surface area contributed by atoms with Crippen LogP contribution in [0.1, 0.15) is 14.3 Å². The van der Waals surface area contributed by atoms with E-state index in [1.807, 2.05) is 0 Å². The summed E-state index contributed by atoms with van der Waals surface area (Å²) in [7, 11) is 0. The van der Waals surface area contributed by atoms with Crippen LogP contribution in [0.2, 0.25) is 0 Å². The van der Waals surface area contributed by atoms with Crippen LogP contribution in [0.25, 0.3) is 0 Å². The predicted molar refractivity (Wildman–Crippen MR) is 48.1 cm³/mol. The molecule has 0 spiro atoms. The second-order valence-electron chi connectivity index (χ2n) is 2.48. The SMILES string of the molecule is O=C(O)CC(O)(CC(=O)O)C(=O)O.[AlH3].[H-].[Na+].[Zr]. The zero-order valence-corrected chi connectivity index (χ0v) is 12.4. The fourth-order valence-corrected chi connectivity index (χ4v) is 0.714. The van der Waals surface area contributed by atoms with Gasteiger partial charge in [0.2, 0.25) is 0 Å². The Morgan fingerprint density at radius 2 is 1.25 bits per heavy atom. The maximum absolute atomic E-state index is 10.3. The Morgan fingerprint density at radius 1 is 1.00 bits per heavy atom. The predicted octanol–water partition coefficient (Wildman–Crippen LogP) is -5.32. The van der Waals surface area contributed by atoms with Crippen molar-refractivity contribution in [3.05, 3.63) is 0 Å². The van der Waals surface area contributed by atoms with Crippen LogP contribution in [0.4, 0.5) is 0 Å². The molecule has 0 bridgehead atoms. The van der Waals surface area contributed by atoms with Gasteiger partial charge in [-0.05, 0) is 0 Å². The van der Waals surface area contributed by atoms with E-state index >= 15 is 0 Å². The Kier molecular flexibility index (Phi) is 17.4. The molecule has 7 nitrogen and oxygen atoms in total. The number of carboxylic acids is 3. The largest absolute Gasteiger partial charge is 1.00 e. The van der Waals surface area contributed by atoms with Gasteiger partial charge in [-0.3, -0.25) is 9.59 Å². The van der Waals surface area contributed by atoms with E-state index in [0.717, 1.165) is 0 Å². The second-order valence-corrected chi connectivity index (χ2v) is 2.48. The zero-order chi connectivity index (χ0) is 10.6. The van der Waals surface area contributed by atoms with Crippen LogP contribution < -0.4 is 29.6 Å². The molecule has 10 heteroatoms. The summed E-state index contributed by atoms with van der Waals surface area (Å²) in [6.07, 6.45) is -2.29. The molecule has 4 N–H and O–H groups in total. The molecule has 0 rings (SSSR count). The topological polar surface area (TPSA) is 132 Å². The number of hydrogen-bond acceptors (Lipinski definition) is 4. The molecule has 0 aromatic heterocycles. The molecule has 0 fully saturated rings. The van der Waals surface area contributed by atoms with Crippen LogP contribution in [0.3, 0.4) is 0 Å². The zero-order valence-electron chi connectivity index (χ0n) is 8.93. The molecule has 0 aliphatic rings. The summed E-state index contributed by atoms with van der Waals surface area (Å²) in [6.45, 7) is 0. The molecule has 0 saturated carbocycles. The third-order valence-corrected chi connectivity index (χ3v) is 1.29. The van der Waals surface area contributed by atoms with Gasteiger partial charge in [-0.2, -0.15) is 0 Å². The molecule has 0 aliphatic carbocycles. The number of aliphatic carboxylic acids is 3. The van der Waals surface area contributed by atoms with Crippen molar-refractivity contribution in [1.82, 2.24) is 0 Å². The first-order valence-electron chi connectivity index (χ1n) is 3.17. The molecule has 0 aromatic rings. The Morgan fingerprint density at radius 3 is 1.38 bits per heavy atom. The Balaban J connectivity index is -0.000000120. The van der Waals surface area contributed by atoms with E-state index in [-0.39, 0.29) is 74.5 Å². The minimum atomic E-state index is -2.74. The summed E-state index contributed by atoms with van der Waals surface area (Å²) in [5.74, 6) is -5.02. The van der Waals surface area contributed by atoms with Crippen molar-refractivity contribution in [2.24, 2.45) is 0 Å². The first-order valence-corrected chi connectivity index (χ1v) is 3.17. The second kappa shape index (κ2) is 10.9. The third-order valence-electron chi connectivity index (χ3n) is 1.29. The number of carbonyl (C=O) groups is 3. The fourth-order valence-electron chi connectivity index (χ4n) is 0.714. The summed E-state index contributed by atoms with van der Waals surface area (Å²) in [6, 6.07) is 0. The summed E-state index contributed by atoms with van der Waals surface area (Å²) < 4.78 is 0. The average Bonchev–Trinajstić information content (AvgIpc) is 1.82. The standard InChI is InChI=1S/C6H8O7.Al.Na.Zr.4H/c7-3(8)1-6(13,5(11)12)2-4(9)10;;;;;;;/h13H,1-2H2,(H,7,8)(H,9,10)(H,11,12);;;;;;;/q;;+1;;;;;-1. The van der Waals surface area contributed by atoms with Gasteiger partial charge in [0.15, 0.2) is 23.0 Å². The van der Waals surface area contributed by atoms with Gasteiger partial charge >= 0.3 is 47.5 Å². The molecule has 0 aromatic carbocycles. The number of rotatable bonds is 5. The molecule has 0 amide bonds. The van der Waals surface area contributed by atoms with Gasteiger partial charge in [-0.1, -0.05) is 0 Å². The van der Waals surface area contributed by atoms with E-state index in [0.29, 0.717) is 0 Å². The average molecular weight is 337 g/mol. The molecule has 0 aliphatic heterocycles. The molecule has 0 heterocycles.